The minimum Gasteiger partial charge on any atom is -0.310 e. The third kappa shape index (κ3) is 5.98. The number of rotatable bonds is 6. The minimum atomic E-state index is -0.161. The fourth-order valence-corrected chi connectivity index (χ4v) is 11.8. The first-order chi connectivity index (χ1) is 34.0. The summed E-state index contributed by atoms with van der Waals surface area (Å²) in [6.07, 6.45) is 0. The standard InChI is InChI=1S/C67H46N2/c1-67(2)61-28-16-15-27-57(61)58-38-35-50(42-62(58)67)68(49-33-29-44(30-34-49)43-17-5-3-6-18-43)64-41-47-19-9-10-22-51(47)66-65(64)59-37-32-46(40-63(59)69(66)48-20-7-4-8-21-48)45-31-36-56-54-25-12-11-23-52(54)53-24-13-14-26-55(53)60(56)39-45/h3-42H,1-2H3. The molecule has 0 spiro atoms. The van der Waals surface area contributed by atoms with Gasteiger partial charge in [0, 0.05) is 38.6 Å². The van der Waals surface area contributed by atoms with Gasteiger partial charge in [-0.1, -0.05) is 202 Å². The Morgan fingerprint density at radius 3 is 1.59 bits per heavy atom. The van der Waals surface area contributed by atoms with Gasteiger partial charge in [-0.2, -0.15) is 0 Å². The zero-order chi connectivity index (χ0) is 45.8. The zero-order valence-electron chi connectivity index (χ0n) is 38.5. The van der Waals surface area contributed by atoms with Gasteiger partial charge in [0.2, 0.25) is 0 Å². The molecule has 14 rings (SSSR count). The summed E-state index contributed by atoms with van der Waals surface area (Å²) >= 11 is 0. The lowest BCUT2D eigenvalue weighted by Gasteiger charge is -2.29. The van der Waals surface area contributed by atoms with Crippen LogP contribution >= 0.6 is 0 Å². The van der Waals surface area contributed by atoms with Crippen molar-refractivity contribution in [2.75, 3.05) is 4.90 Å². The Morgan fingerprint density at radius 1 is 0.348 bits per heavy atom. The second kappa shape index (κ2) is 15.2. The first-order valence-corrected chi connectivity index (χ1v) is 24.1. The summed E-state index contributed by atoms with van der Waals surface area (Å²) in [6, 6.07) is 90.1. The maximum atomic E-state index is 2.52. The molecule has 0 bridgehead atoms. The van der Waals surface area contributed by atoms with E-state index in [1.165, 1.54) is 109 Å². The maximum absolute atomic E-state index is 2.52. The van der Waals surface area contributed by atoms with Crippen LogP contribution in [0.15, 0.2) is 243 Å². The molecule has 0 atom stereocenters. The van der Waals surface area contributed by atoms with Crippen LogP contribution in [0.5, 0.6) is 0 Å². The van der Waals surface area contributed by atoms with E-state index in [0.29, 0.717) is 0 Å². The highest BCUT2D eigenvalue weighted by Crippen LogP contribution is 2.53. The summed E-state index contributed by atoms with van der Waals surface area (Å²) in [6.45, 7) is 4.75. The van der Waals surface area contributed by atoms with Crippen LogP contribution in [0.25, 0.3) is 104 Å². The summed E-state index contributed by atoms with van der Waals surface area (Å²) in [5, 5.41) is 12.5. The van der Waals surface area contributed by atoms with Gasteiger partial charge in [-0.3, -0.25) is 0 Å². The van der Waals surface area contributed by atoms with E-state index in [2.05, 4.69) is 266 Å². The number of hydrogen-bond donors (Lipinski definition) is 0. The van der Waals surface area contributed by atoms with Gasteiger partial charge in [0.25, 0.3) is 0 Å². The number of fused-ring (bicyclic) bond motifs is 14. The highest BCUT2D eigenvalue weighted by atomic mass is 15.1. The monoisotopic (exact) mass is 878 g/mol. The van der Waals surface area contributed by atoms with Crippen molar-refractivity contribution < 1.29 is 0 Å². The molecule has 0 fully saturated rings. The van der Waals surface area contributed by atoms with E-state index in [9.17, 15) is 0 Å². The van der Waals surface area contributed by atoms with Gasteiger partial charge in [-0.05, 0) is 137 Å². The van der Waals surface area contributed by atoms with Crippen molar-refractivity contribution in [2.24, 2.45) is 0 Å². The summed E-state index contributed by atoms with van der Waals surface area (Å²) < 4.78 is 2.52. The van der Waals surface area contributed by atoms with Gasteiger partial charge in [0.1, 0.15) is 0 Å². The van der Waals surface area contributed by atoms with Crippen molar-refractivity contribution in [3.63, 3.8) is 0 Å². The lowest BCUT2D eigenvalue weighted by Crippen LogP contribution is -2.16. The number of aromatic nitrogens is 1. The number of nitrogens with zero attached hydrogens (tertiary/aromatic N) is 2. The molecule has 1 heterocycles. The van der Waals surface area contributed by atoms with Crippen LogP contribution in [0.1, 0.15) is 25.0 Å². The molecule has 0 radical (unpaired) electrons. The normalized spacial score (nSPS) is 12.9. The molecular weight excluding hydrogens is 833 g/mol. The van der Waals surface area contributed by atoms with E-state index in [-0.39, 0.29) is 5.41 Å². The van der Waals surface area contributed by atoms with Crippen LogP contribution in [0, 0.1) is 0 Å². The van der Waals surface area contributed by atoms with Gasteiger partial charge in [-0.15, -0.1) is 0 Å². The highest BCUT2D eigenvalue weighted by molar-refractivity contribution is 6.27. The molecule has 13 aromatic rings. The summed E-state index contributed by atoms with van der Waals surface area (Å²) in [5.74, 6) is 0. The maximum Gasteiger partial charge on any atom is 0.0640 e. The van der Waals surface area contributed by atoms with E-state index in [1.807, 2.05) is 0 Å². The zero-order valence-corrected chi connectivity index (χ0v) is 38.5. The molecule has 2 heteroatoms. The van der Waals surface area contributed by atoms with Gasteiger partial charge in [0.15, 0.2) is 0 Å². The Balaban J connectivity index is 1.05. The topological polar surface area (TPSA) is 8.17 Å². The van der Waals surface area contributed by atoms with Crippen LogP contribution in [0.3, 0.4) is 0 Å². The molecule has 324 valence electrons. The summed E-state index contributed by atoms with van der Waals surface area (Å²) in [5.41, 5.74) is 16.8. The summed E-state index contributed by atoms with van der Waals surface area (Å²) in [4.78, 5) is 2.52. The van der Waals surface area contributed by atoms with Crippen molar-refractivity contribution in [1.29, 1.82) is 0 Å². The third-order valence-electron chi connectivity index (χ3n) is 15.1. The van der Waals surface area contributed by atoms with Crippen LogP contribution in [0.2, 0.25) is 0 Å². The number of anilines is 3. The second-order valence-electron chi connectivity index (χ2n) is 19.2. The predicted octanol–water partition coefficient (Wildman–Crippen LogP) is 18.5. The fourth-order valence-electron chi connectivity index (χ4n) is 11.8. The van der Waals surface area contributed by atoms with Gasteiger partial charge < -0.3 is 9.47 Å². The molecule has 1 aliphatic rings. The van der Waals surface area contributed by atoms with Crippen molar-refractivity contribution in [3.8, 4) is 39.1 Å². The largest absolute Gasteiger partial charge is 0.310 e. The molecule has 12 aromatic carbocycles. The number of para-hydroxylation sites is 1. The van der Waals surface area contributed by atoms with Crippen molar-refractivity contribution >= 4 is 82.0 Å². The van der Waals surface area contributed by atoms with Gasteiger partial charge in [0.05, 0.1) is 16.7 Å². The number of hydrogen-bond acceptors (Lipinski definition) is 1. The Bertz CT molecular complexity index is 4160. The molecule has 2 nitrogen and oxygen atoms in total. The Labute approximate surface area is 401 Å². The van der Waals surface area contributed by atoms with Gasteiger partial charge in [-0.25, -0.2) is 0 Å². The Morgan fingerprint density at radius 2 is 0.870 bits per heavy atom. The first kappa shape index (κ1) is 39.4. The molecule has 0 aliphatic heterocycles. The second-order valence-corrected chi connectivity index (χ2v) is 19.2. The molecule has 0 amide bonds. The highest BCUT2D eigenvalue weighted by Gasteiger charge is 2.36. The Hall–Kier alpha value is -8.72. The molecule has 0 saturated heterocycles. The van der Waals surface area contributed by atoms with Crippen LogP contribution in [-0.4, -0.2) is 4.57 Å². The van der Waals surface area contributed by atoms with Gasteiger partial charge >= 0.3 is 0 Å². The molecule has 0 unspecified atom stereocenters. The van der Waals surface area contributed by atoms with E-state index in [1.54, 1.807) is 0 Å². The molecule has 1 aromatic heterocycles. The third-order valence-corrected chi connectivity index (χ3v) is 15.1. The quantitative estimate of drug-likeness (QED) is 0.151. The predicted molar refractivity (Wildman–Crippen MR) is 294 cm³/mol. The van der Waals surface area contributed by atoms with E-state index >= 15 is 0 Å². The summed E-state index contributed by atoms with van der Waals surface area (Å²) in [7, 11) is 0. The molecule has 69 heavy (non-hydrogen) atoms. The van der Waals surface area contributed by atoms with E-state index in [4.69, 9.17) is 0 Å². The van der Waals surface area contributed by atoms with Crippen molar-refractivity contribution in [2.45, 2.75) is 19.3 Å². The van der Waals surface area contributed by atoms with Crippen LogP contribution in [-0.2, 0) is 5.41 Å². The molecular formula is C67H46N2. The average Bonchev–Trinajstić information content (AvgIpc) is 3.88. The SMILES string of the molecule is CC1(C)c2ccccc2-c2ccc(N(c3ccc(-c4ccccc4)cc3)c3cc4ccccc4c4c3c3ccc(-c5ccc6c7ccccc7c7ccccc7c6c5)cc3n4-c3ccccc3)cc21. The lowest BCUT2D eigenvalue weighted by molar-refractivity contribution is 0.660. The van der Waals surface area contributed by atoms with E-state index in [0.717, 1.165) is 22.7 Å². The average molecular weight is 879 g/mol. The molecule has 1 aliphatic carbocycles. The lowest BCUT2D eigenvalue weighted by atomic mass is 9.82. The first-order valence-electron chi connectivity index (χ1n) is 24.1. The van der Waals surface area contributed by atoms with Crippen molar-refractivity contribution in [1.82, 2.24) is 4.57 Å². The van der Waals surface area contributed by atoms with E-state index < -0.39 is 0 Å². The van der Waals surface area contributed by atoms with Crippen molar-refractivity contribution in [3.05, 3.63) is 254 Å². The molecule has 0 N–H and O–H groups in total. The minimum absolute atomic E-state index is 0.161. The smallest absolute Gasteiger partial charge is 0.0640 e. The van der Waals surface area contributed by atoms with Crippen LogP contribution < -0.4 is 4.90 Å². The fraction of sp³-hybridized carbons (Fsp3) is 0.0448. The van der Waals surface area contributed by atoms with Crippen LogP contribution in [0.4, 0.5) is 17.1 Å². The Kier molecular flexibility index (Phi) is 8.66. The molecule has 0 saturated carbocycles. The number of benzene rings is 12.